The molecule has 1 aliphatic carbocycles. The summed E-state index contributed by atoms with van der Waals surface area (Å²) in [4.78, 5) is 7.09. The van der Waals surface area contributed by atoms with Gasteiger partial charge in [-0.05, 0) is 60.0 Å². The van der Waals surface area contributed by atoms with Crippen molar-refractivity contribution in [1.29, 1.82) is 0 Å². The fourth-order valence-electron chi connectivity index (χ4n) is 3.28. The Morgan fingerprint density at radius 3 is 2.62 bits per heavy atom. The first-order chi connectivity index (χ1) is 10.2. The smallest absolute Gasteiger partial charge is 0.139 e. The molecule has 0 saturated heterocycles. The van der Waals surface area contributed by atoms with Crippen molar-refractivity contribution >= 4 is 32.7 Å². The Bertz CT molecular complexity index is 638. The SMILES string of the molecule is CCN(c1ccc2ccc(F)c(Br)c2n1)C1CCCCC1. The Labute approximate surface area is 133 Å². The molecule has 1 heterocycles. The molecule has 2 nitrogen and oxygen atoms in total. The van der Waals surface area contributed by atoms with Gasteiger partial charge in [0.15, 0.2) is 0 Å². The lowest BCUT2D eigenvalue weighted by atomic mass is 9.94. The predicted molar refractivity (Wildman–Crippen MR) is 89.3 cm³/mol. The zero-order chi connectivity index (χ0) is 14.8. The number of pyridine rings is 1. The average Bonchev–Trinajstić information content (AvgIpc) is 2.53. The van der Waals surface area contributed by atoms with E-state index in [1.165, 1.54) is 38.2 Å². The summed E-state index contributed by atoms with van der Waals surface area (Å²) in [6, 6.07) is 7.93. The third-order valence-corrected chi connectivity index (χ3v) is 5.14. The molecule has 21 heavy (non-hydrogen) atoms. The summed E-state index contributed by atoms with van der Waals surface area (Å²) in [5, 5.41) is 0.965. The number of halogens is 2. The minimum Gasteiger partial charge on any atom is -0.354 e. The Morgan fingerprint density at radius 1 is 1.19 bits per heavy atom. The molecule has 0 radical (unpaired) electrons. The lowest BCUT2D eigenvalue weighted by Gasteiger charge is -2.34. The van der Waals surface area contributed by atoms with Crippen LogP contribution in [-0.2, 0) is 0 Å². The van der Waals surface area contributed by atoms with E-state index in [2.05, 4.69) is 33.8 Å². The molecule has 3 rings (SSSR count). The first kappa shape index (κ1) is 14.8. The molecule has 1 aromatic heterocycles. The number of fused-ring (bicyclic) bond motifs is 1. The second-order valence-corrected chi connectivity index (χ2v) is 6.47. The summed E-state index contributed by atoms with van der Waals surface area (Å²) in [5.74, 6) is 0.705. The van der Waals surface area contributed by atoms with Crippen molar-refractivity contribution in [2.75, 3.05) is 11.4 Å². The van der Waals surface area contributed by atoms with Crippen LogP contribution in [0.25, 0.3) is 10.9 Å². The fourth-order valence-corrected chi connectivity index (χ4v) is 3.73. The van der Waals surface area contributed by atoms with E-state index < -0.39 is 0 Å². The van der Waals surface area contributed by atoms with Crippen molar-refractivity contribution in [2.45, 2.75) is 45.1 Å². The Morgan fingerprint density at radius 2 is 1.90 bits per heavy atom. The summed E-state index contributed by atoms with van der Waals surface area (Å²) in [5.41, 5.74) is 0.710. The number of rotatable bonds is 3. The highest BCUT2D eigenvalue weighted by atomic mass is 79.9. The minimum atomic E-state index is -0.257. The molecule has 1 fully saturated rings. The molecular weight excluding hydrogens is 331 g/mol. The molecule has 112 valence electrons. The third-order valence-electron chi connectivity index (χ3n) is 4.39. The lowest BCUT2D eigenvalue weighted by molar-refractivity contribution is 0.416. The number of benzene rings is 1. The molecule has 0 unspecified atom stereocenters. The van der Waals surface area contributed by atoms with Crippen LogP contribution in [0.4, 0.5) is 10.2 Å². The van der Waals surface area contributed by atoms with Gasteiger partial charge in [0.2, 0.25) is 0 Å². The van der Waals surface area contributed by atoms with E-state index in [0.29, 0.717) is 16.0 Å². The van der Waals surface area contributed by atoms with Crippen LogP contribution in [0.15, 0.2) is 28.7 Å². The van der Waals surface area contributed by atoms with Gasteiger partial charge < -0.3 is 4.90 Å². The van der Waals surface area contributed by atoms with Gasteiger partial charge in [0, 0.05) is 18.0 Å². The van der Waals surface area contributed by atoms with Crippen LogP contribution >= 0.6 is 15.9 Å². The molecule has 2 aromatic rings. The van der Waals surface area contributed by atoms with Gasteiger partial charge in [-0.25, -0.2) is 9.37 Å². The zero-order valence-corrected chi connectivity index (χ0v) is 13.9. The van der Waals surface area contributed by atoms with Crippen LogP contribution in [0, 0.1) is 5.82 Å². The van der Waals surface area contributed by atoms with Gasteiger partial charge in [-0.1, -0.05) is 19.3 Å². The van der Waals surface area contributed by atoms with Crippen LogP contribution in [0.3, 0.4) is 0 Å². The van der Waals surface area contributed by atoms with E-state index in [9.17, 15) is 4.39 Å². The molecule has 1 aliphatic rings. The molecule has 0 N–H and O–H groups in total. The summed E-state index contributed by atoms with van der Waals surface area (Å²) < 4.78 is 14.2. The van der Waals surface area contributed by atoms with Crippen molar-refractivity contribution < 1.29 is 4.39 Å². The molecule has 0 spiro atoms. The quantitative estimate of drug-likeness (QED) is 0.746. The van der Waals surface area contributed by atoms with Gasteiger partial charge >= 0.3 is 0 Å². The number of hydrogen-bond donors (Lipinski definition) is 0. The second kappa shape index (κ2) is 6.30. The summed E-state index contributed by atoms with van der Waals surface area (Å²) in [7, 11) is 0. The fraction of sp³-hybridized carbons (Fsp3) is 0.471. The van der Waals surface area contributed by atoms with Crippen LogP contribution in [-0.4, -0.2) is 17.6 Å². The van der Waals surface area contributed by atoms with E-state index in [0.717, 1.165) is 17.7 Å². The molecule has 1 saturated carbocycles. The van der Waals surface area contributed by atoms with E-state index in [4.69, 9.17) is 4.98 Å². The molecule has 4 heteroatoms. The second-order valence-electron chi connectivity index (χ2n) is 5.68. The molecule has 0 amide bonds. The lowest BCUT2D eigenvalue weighted by Crippen LogP contribution is -2.37. The number of anilines is 1. The van der Waals surface area contributed by atoms with Crippen molar-refractivity contribution in [2.24, 2.45) is 0 Å². The normalized spacial score (nSPS) is 16.3. The summed E-state index contributed by atoms with van der Waals surface area (Å²) in [6.07, 6.45) is 6.41. The first-order valence-electron chi connectivity index (χ1n) is 7.72. The number of hydrogen-bond acceptors (Lipinski definition) is 2. The Balaban J connectivity index is 2.00. The maximum Gasteiger partial charge on any atom is 0.139 e. The first-order valence-corrected chi connectivity index (χ1v) is 8.51. The molecular formula is C17H20BrFN2. The third kappa shape index (κ3) is 2.91. The van der Waals surface area contributed by atoms with Gasteiger partial charge in [0.25, 0.3) is 0 Å². The van der Waals surface area contributed by atoms with Crippen LogP contribution in [0.5, 0.6) is 0 Å². The highest BCUT2D eigenvalue weighted by Crippen LogP contribution is 2.30. The maximum atomic E-state index is 13.7. The zero-order valence-electron chi connectivity index (χ0n) is 12.3. The van der Waals surface area contributed by atoms with Crippen molar-refractivity contribution in [3.8, 4) is 0 Å². The highest BCUT2D eigenvalue weighted by molar-refractivity contribution is 9.10. The average molecular weight is 351 g/mol. The van der Waals surface area contributed by atoms with Gasteiger partial charge in [-0.2, -0.15) is 0 Å². The Kier molecular flexibility index (Phi) is 4.43. The summed E-state index contributed by atoms with van der Waals surface area (Å²) in [6.45, 7) is 3.11. The monoisotopic (exact) mass is 350 g/mol. The van der Waals surface area contributed by atoms with E-state index in [-0.39, 0.29) is 5.82 Å². The maximum absolute atomic E-state index is 13.7. The van der Waals surface area contributed by atoms with Crippen LogP contribution in [0.1, 0.15) is 39.0 Å². The van der Waals surface area contributed by atoms with Gasteiger partial charge in [0.05, 0.1) is 9.99 Å². The molecule has 1 aromatic carbocycles. The number of nitrogens with zero attached hydrogens (tertiary/aromatic N) is 2. The van der Waals surface area contributed by atoms with Crippen molar-refractivity contribution in [1.82, 2.24) is 4.98 Å². The molecule has 0 bridgehead atoms. The molecule has 0 atom stereocenters. The van der Waals surface area contributed by atoms with E-state index in [1.807, 2.05) is 6.07 Å². The van der Waals surface area contributed by atoms with Crippen LogP contribution in [0.2, 0.25) is 0 Å². The standard InChI is InChI=1S/C17H20BrFN2/c1-2-21(13-6-4-3-5-7-13)15-11-9-12-8-10-14(19)16(18)17(12)20-15/h8-11,13H,2-7H2,1H3. The van der Waals surface area contributed by atoms with Gasteiger partial charge in [-0.15, -0.1) is 0 Å². The van der Waals surface area contributed by atoms with E-state index >= 15 is 0 Å². The predicted octanol–water partition coefficient (Wildman–Crippen LogP) is 5.30. The van der Waals surface area contributed by atoms with Crippen molar-refractivity contribution in [3.05, 3.63) is 34.6 Å². The highest BCUT2D eigenvalue weighted by Gasteiger charge is 2.21. The van der Waals surface area contributed by atoms with Gasteiger partial charge in [-0.3, -0.25) is 0 Å². The van der Waals surface area contributed by atoms with E-state index in [1.54, 1.807) is 6.07 Å². The van der Waals surface area contributed by atoms with Crippen LogP contribution < -0.4 is 4.90 Å². The molecule has 0 aliphatic heterocycles. The largest absolute Gasteiger partial charge is 0.354 e. The van der Waals surface area contributed by atoms with Crippen molar-refractivity contribution in [3.63, 3.8) is 0 Å². The minimum absolute atomic E-state index is 0.257. The summed E-state index contributed by atoms with van der Waals surface area (Å²) >= 11 is 3.33. The number of aromatic nitrogens is 1. The Hall–Kier alpha value is -1.16. The topological polar surface area (TPSA) is 16.1 Å². The van der Waals surface area contributed by atoms with Gasteiger partial charge in [0.1, 0.15) is 11.6 Å².